The van der Waals surface area contributed by atoms with Crippen LogP contribution in [-0.2, 0) is 9.47 Å². The molecular weight excluding hydrogens is 254 g/mol. The van der Waals surface area contributed by atoms with Crippen molar-refractivity contribution in [2.45, 2.75) is 12.2 Å². The van der Waals surface area contributed by atoms with Gasteiger partial charge in [0.2, 0.25) is 0 Å². The van der Waals surface area contributed by atoms with E-state index in [-0.39, 0.29) is 12.2 Å². The Morgan fingerprint density at radius 2 is 1.89 bits per heavy atom. The van der Waals surface area contributed by atoms with Crippen molar-refractivity contribution in [1.82, 2.24) is 0 Å². The van der Waals surface area contributed by atoms with Gasteiger partial charge >= 0.3 is 0 Å². The van der Waals surface area contributed by atoms with Gasteiger partial charge in [-0.2, -0.15) is 0 Å². The van der Waals surface area contributed by atoms with E-state index in [0.717, 1.165) is 12.0 Å². The van der Waals surface area contributed by atoms with Crippen molar-refractivity contribution in [1.29, 1.82) is 0 Å². The third-order valence-corrected chi connectivity index (χ3v) is 3.52. The number of hydrogen-bond acceptors (Lipinski definition) is 4. The second kappa shape index (κ2) is 5.69. The summed E-state index contributed by atoms with van der Waals surface area (Å²) in [7, 11) is 3.33. The van der Waals surface area contributed by atoms with Gasteiger partial charge in [0.15, 0.2) is 6.29 Å². The lowest BCUT2D eigenvalue weighted by atomic mass is 10.2. The lowest BCUT2D eigenvalue weighted by molar-refractivity contribution is -0.00461. The van der Waals surface area contributed by atoms with Gasteiger partial charge in [0, 0.05) is 43.6 Å². The number of ether oxygens (including phenoxy) is 2. The molecule has 98 valence electrons. The largest absolute Gasteiger partial charge is 0.377 e. The summed E-state index contributed by atoms with van der Waals surface area (Å²) < 4.78 is 10.8. The topological polar surface area (TPSA) is 38.8 Å². The maximum Gasteiger partial charge on any atom is 0.152 e. The Balaban J connectivity index is 2.27. The fourth-order valence-corrected chi connectivity index (χ4v) is 2.45. The first kappa shape index (κ1) is 13.3. The number of hydrogen-bond donors (Lipinski definition) is 0. The molecule has 1 heterocycles. The van der Waals surface area contributed by atoms with Gasteiger partial charge < -0.3 is 14.4 Å². The molecule has 5 heteroatoms. The van der Waals surface area contributed by atoms with Crippen LogP contribution in [0.4, 0.5) is 5.69 Å². The Kier molecular flexibility index (Phi) is 4.22. The molecule has 2 rings (SSSR count). The molecule has 1 fully saturated rings. The number of benzene rings is 1. The molecule has 0 amide bonds. The van der Waals surface area contributed by atoms with Crippen LogP contribution in [-0.4, -0.2) is 45.8 Å². The molecule has 2 unspecified atom stereocenters. The van der Waals surface area contributed by atoms with Crippen LogP contribution < -0.4 is 4.90 Å². The fourth-order valence-electron chi connectivity index (χ4n) is 2.28. The molecule has 0 aromatic heterocycles. The molecule has 0 aliphatic carbocycles. The van der Waals surface area contributed by atoms with Crippen LogP contribution in [0.15, 0.2) is 18.2 Å². The minimum absolute atomic E-state index is 0.00786. The molecule has 1 aliphatic rings. The fraction of sp³-hybridized carbons (Fsp3) is 0.462. The molecule has 4 nitrogen and oxygen atoms in total. The molecule has 0 bridgehead atoms. The molecular formula is C13H16ClNO3. The molecule has 1 aromatic rings. The van der Waals surface area contributed by atoms with Gasteiger partial charge in [-0.15, -0.1) is 0 Å². The molecule has 2 atom stereocenters. The Labute approximate surface area is 111 Å². The van der Waals surface area contributed by atoms with Crippen LogP contribution in [0.3, 0.4) is 0 Å². The summed E-state index contributed by atoms with van der Waals surface area (Å²) in [5, 5.41) is 0.616. The van der Waals surface area contributed by atoms with Gasteiger partial charge in [0.25, 0.3) is 0 Å². The predicted molar refractivity (Wildman–Crippen MR) is 70.6 cm³/mol. The van der Waals surface area contributed by atoms with E-state index in [1.807, 2.05) is 0 Å². The first-order valence-corrected chi connectivity index (χ1v) is 6.12. The zero-order chi connectivity index (χ0) is 13.1. The van der Waals surface area contributed by atoms with Crippen molar-refractivity contribution in [3.63, 3.8) is 0 Å². The van der Waals surface area contributed by atoms with Gasteiger partial charge in [-0.1, -0.05) is 11.6 Å². The van der Waals surface area contributed by atoms with Crippen molar-refractivity contribution in [3.8, 4) is 0 Å². The number of nitrogens with zero attached hydrogens (tertiary/aromatic N) is 1. The Morgan fingerprint density at radius 1 is 1.28 bits per heavy atom. The quantitative estimate of drug-likeness (QED) is 0.784. The standard InChI is InChI=1S/C13H16ClNO3/c1-17-12-6-15(7-13(12)18-2)11-5-10(14)4-3-9(11)8-16/h3-5,8,12-13H,6-7H2,1-2H3. The SMILES string of the molecule is COC1CN(c2cc(Cl)ccc2C=O)CC1OC. The zero-order valence-corrected chi connectivity index (χ0v) is 11.2. The summed E-state index contributed by atoms with van der Waals surface area (Å²) in [6.45, 7) is 1.38. The second-order valence-corrected chi connectivity index (χ2v) is 4.71. The predicted octanol–water partition coefficient (Wildman–Crippen LogP) is 2.00. The average molecular weight is 270 g/mol. The van der Waals surface area contributed by atoms with Gasteiger partial charge in [-0.05, 0) is 18.2 Å². The maximum absolute atomic E-state index is 11.1. The van der Waals surface area contributed by atoms with Crippen LogP contribution in [0.2, 0.25) is 5.02 Å². The van der Waals surface area contributed by atoms with Crippen molar-refractivity contribution >= 4 is 23.6 Å². The van der Waals surface area contributed by atoms with Crippen LogP contribution in [0, 0.1) is 0 Å². The molecule has 0 N–H and O–H groups in total. The van der Waals surface area contributed by atoms with E-state index in [4.69, 9.17) is 21.1 Å². The smallest absolute Gasteiger partial charge is 0.152 e. The number of methoxy groups -OCH3 is 2. The number of halogens is 1. The Morgan fingerprint density at radius 3 is 2.39 bits per heavy atom. The first-order valence-electron chi connectivity index (χ1n) is 5.75. The summed E-state index contributed by atoms with van der Waals surface area (Å²) in [6, 6.07) is 5.25. The van der Waals surface area contributed by atoms with Gasteiger partial charge in [0.1, 0.15) is 12.2 Å². The summed E-state index contributed by atoms with van der Waals surface area (Å²) in [4.78, 5) is 13.1. The van der Waals surface area contributed by atoms with Gasteiger partial charge in [0.05, 0.1) is 0 Å². The summed E-state index contributed by atoms with van der Waals surface area (Å²) in [5.41, 5.74) is 1.46. The molecule has 1 aromatic carbocycles. The second-order valence-electron chi connectivity index (χ2n) is 4.27. The van der Waals surface area contributed by atoms with Gasteiger partial charge in [-0.3, -0.25) is 4.79 Å². The minimum Gasteiger partial charge on any atom is -0.377 e. The molecule has 0 radical (unpaired) electrons. The summed E-state index contributed by atoms with van der Waals surface area (Å²) in [5.74, 6) is 0. The highest BCUT2D eigenvalue weighted by molar-refractivity contribution is 6.31. The van der Waals surface area contributed by atoms with E-state index in [9.17, 15) is 4.79 Å². The zero-order valence-electron chi connectivity index (χ0n) is 10.4. The van der Waals surface area contributed by atoms with Crippen LogP contribution in [0.1, 0.15) is 10.4 Å². The number of rotatable bonds is 4. The highest BCUT2D eigenvalue weighted by Crippen LogP contribution is 2.28. The Bertz CT molecular complexity index is 426. The third-order valence-electron chi connectivity index (χ3n) is 3.28. The number of carbonyl (C=O) groups excluding carboxylic acids is 1. The van der Waals surface area contributed by atoms with Crippen molar-refractivity contribution in [3.05, 3.63) is 28.8 Å². The third kappa shape index (κ3) is 2.51. The lowest BCUT2D eigenvalue weighted by Crippen LogP contribution is -2.27. The summed E-state index contributed by atoms with van der Waals surface area (Å²) in [6.07, 6.45) is 0.857. The normalized spacial score (nSPS) is 23.4. The van der Waals surface area contributed by atoms with Crippen LogP contribution >= 0.6 is 11.6 Å². The molecule has 1 aliphatic heterocycles. The number of anilines is 1. The molecule has 0 saturated carbocycles. The lowest BCUT2D eigenvalue weighted by Gasteiger charge is -2.20. The van der Waals surface area contributed by atoms with Crippen molar-refractivity contribution in [2.24, 2.45) is 0 Å². The van der Waals surface area contributed by atoms with Crippen molar-refractivity contribution < 1.29 is 14.3 Å². The Hall–Kier alpha value is -1.10. The number of carbonyl (C=O) groups is 1. The van der Waals surface area contributed by atoms with E-state index < -0.39 is 0 Å². The molecule has 1 saturated heterocycles. The first-order chi connectivity index (χ1) is 8.69. The maximum atomic E-state index is 11.1. The van der Waals surface area contributed by atoms with E-state index in [1.165, 1.54) is 0 Å². The van der Waals surface area contributed by atoms with E-state index in [0.29, 0.717) is 23.7 Å². The van der Waals surface area contributed by atoms with Crippen molar-refractivity contribution in [2.75, 3.05) is 32.2 Å². The minimum atomic E-state index is 0.00786. The van der Waals surface area contributed by atoms with E-state index in [1.54, 1.807) is 32.4 Å². The number of aldehydes is 1. The van der Waals surface area contributed by atoms with Gasteiger partial charge in [-0.25, -0.2) is 0 Å². The van der Waals surface area contributed by atoms with E-state index in [2.05, 4.69) is 4.90 Å². The van der Waals surface area contributed by atoms with E-state index >= 15 is 0 Å². The van der Waals surface area contributed by atoms with Crippen LogP contribution in [0.5, 0.6) is 0 Å². The highest BCUT2D eigenvalue weighted by atomic mass is 35.5. The summed E-state index contributed by atoms with van der Waals surface area (Å²) >= 11 is 5.99. The van der Waals surface area contributed by atoms with Crippen LogP contribution in [0.25, 0.3) is 0 Å². The molecule has 0 spiro atoms. The highest BCUT2D eigenvalue weighted by Gasteiger charge is 2.33. The monoisotopic (exact) mass is 269 g/mol. The average Bonchev–Trinajstić information content (AvgIpc) is 2.81. The molecule has 18 heavy (non-hydrogen) atoms.